The Hall–Kier alpha value is -1.11. The fraction of sp³-hybridized carbons (Fsp3) is 0.600. The van der Waals surface area contributed by atoms with E-state index in [9.17, 15) is 8.42 Å². The highest BCUT2D eigenvalue weighted by Crippen LogP contribution is 2.31. The number of hydrogen-bond donors (Lipinski definition) is 2. The Labute approximate surface area is 125 Å². The molecule has 1 heterocycles. The van der Waals surface area contributed by atoms with Gasteiger partial charge >= 0.3 is 0 Å². The number of fused-ring (bicyclic) bond motifs is 1. The molecule has 1 unspecified atom stereocenters. The number of nitrogens with one attached hydrogen (secondary N) is 1. The number of nitrogens with two attached hydrogens (primary N) is 1. The molecule has 116 valence electrons. The zero-order valence-electron chi connectivity index (χ0n) is 12.0. The first-order chi connectivity index (χ1) is 10.1. The average Bonchev–Trinajstić information content (AvgIpc) is 2.90. The summed E-state index contributed by atoms with van der Waals surface area (Å²) in [7, 11) is -3.44. The molecule has 6 heteroatoms. The lowest BCUT2D eigenvalue weighted by Crippen LogP contribution is -2.36. The van der Waals surface area contributed by atoms with Crippen LogP contribution in [0.25, 0.3) is 0 Å². The molecule has 3 N–H and O–H groups in total. The topological polar surface area (TPSA) is 81.4 Å². The van der Waals surface area contributed by atoms with Gasteiger partial charge in [0, 0.05) is 19.0 Å². The smallest absolute Gasteiger partial charge is 0.240 e. The number of benzene rings is 1. The van der Waals surface area contributed by atoms with Gasteiger partial charge in [-0.15, -0.1) is 0 Å². The van der Waals surface area contributed by atoms with Gasteiger partial charge in [0.15, 0.2) is 0 Å². The third-order valence-electron chi connectivity index (χ3n) is 4.27. The largest absolute Gasteiger partial charge is 0.488 e. The zero-order valence-corrected chi connectivity index (χ0v) is 12.9. The van der Waals surface area contributed by atoms with Crippen LogP contribution in [0.3, 0.4) is 0 Å². The fourth-order valence-corrected chi connectivity index (χ4v) is 4.46. The molecule has 3 rings (SSSR count). The van der Waals surface area contributed by atoms with Crippen molar-refractivity contribution in [2.75, 3.05) is 6.54 Å². The first-order valence-corrected chi connectivity index (χ1v) is 9.09. The normalized spacial score (nSPS) is 22.8. The molecule has 0 spiro atoms. The lowest BCUT2D eigenvalue weighted by Gasteiger charge is -2.22. The van der Waals surface area contributed by atoms with Gasteiger partial charge < -0.3 is 10.5 Å². The molecular weight excluding hydrogens is 288 g/mol. The molecule has 0 aromatic heterocycles. The standard InChI is InChI=1S/C15H22N2O3S/c16-10-13-8-11-9-14(6-7-15(11)20-13)21(18,19)17-12-4-2-1-3-5-12/h6-7,9,12-13,17H,1-5,8,10,16H2. The monoisotopic (exact) mass is 310 g/mol. The van der Waals surface area contributed by atoms with Crippen LogP contribution in [0.2, 0.25) is 0 Å². The van der Waals surface area contributed by atoms with Gasteiger partial charge in [-0.05, 0) is 36.6 Å². The van der Waals surface area contributed by atoms with Crippen LogP contribution in [0.4, 0.5) is 0 Å². The molecule has 1 aliphatic heterocycles. The number of ether oxygens (including phenoxy) is 1. The maximum absolute atomic E-state index is 12.5. The van der Waals surface area contributed by atoms with Crippen LogP contribution in [0.15, 0.2) is 23.1 Å². The quantitative estimate of drug-likeness (QED) is 0.884. The second-order valence-electron chi connectivity index (χ2n) is 5.91. The highest BCUT2D eigenvalue weighted by molar-refractivity contribution is 7.89. The average molecular weight is 310 g/mol. The molecule has 1 aliphatic carbocycles. The first-order valence-electron chi connectivity index (χ1n) is 7.60. The molecular formula is C15H22N2O3S. The minimum Gasteiger partial charge on any atom is -0.488 e. The van der Waals surface area contributed by atoms with E-state index >= 15 is 0 Å². The molecule has 1 aromatic rings. The summed E-state index contributed by atoms with van der Waals surface area (Å²) in [6.07, 6.45) is 5.91. The molecule has 0 saturated heterocycles. The van der Waals surface area contributed by atoms with E-state index in [0.29, 0.717) is 17.9 Å². The van der Waals surface area contributed by atoms with Crippen LogP contribution < -0.4 is 15.2 Å². The Morgan fingerprint density at radius 2 is 2.00 bits per heavy atom. The SMILES string of the molecule is NCC1Cc2cc(S(=O)(=O)NC3CCCCC3)ccc2O1. The van der Waals surface area contributed by atoms with Crippen LogP contribution >= 0.6 is 0 Å². The molecule has 2 aliphatic rings. The van der Waals surface area contributed by atoms with Crippen LogP contribution in [0.1, 0.15) is 37.7 Å². The summed E-state index contributed by atoms with van der Waals surface area (Å²) in [5, 5.41) is 0. The van der Waals surface area contributed by atoms with Gasteiger partial charge in [0.1, 0.15) is 11.9 Å². The van der Waals surface area contributed by atoms with Crippen molar-refractivity contribution in [2.45, 2.75) is 55.6 Å². The molecule has 21 heavy (non-hydrogen) atoms. The van der Waals surface area contributed by atoms with E-state index in [0.717, 1.165) is 37.0 Å². The van der Waals surface area contributed by atoms with Crippen molar-refractivity contribution in [1.29, 1.82) is 0 Å². The first kappa shape index (κ1) is 14.8. The summed E-state index contributed by atoms with van der Waals surface area (Å²) < 4.78 is 33.4. The summed E-state index contributed by atoms with van der Waals surface area (Å²) in [6, 6.07) is 5.14. The van der Waals surface area contributed by atoms with Gasteiger partial charge in [0.2, 0.25) is 10.0 Å². The third kappa shape index (κ3) is 3.22. The molecule has 1 atom stereocenters. The van der Waals surface area contributed by atoms with Gasteiger partial charge in [0.05, 0.1) is 4.90 Å². The van der Waals surface area contributed by atoms with Crippen molar-refractivity contribution in [3.63, 3.8) is 0 Å². The second-order valence-corrected chi connectivity index (χ2v) is 7.62. The Morgan fingerprint density at radius 1 is 1.24 bits per heavy atom. The molecule has 0 amide bonds. The van der Waals surface area contributed by atoms with Crippen LogP contribution in [-0.4, -0.2) is 27.1 Å². The van der Waals surface area contributed by atoms with E-state index in [1.807, 2.05) is 0 Å². The van der Waals surface area contributed by atoms with E-state index in [1.165, 1.54) is 6.42 Å². The van der Waals surface area contributed by atoms with Gasteiger partial charge in [-0.2, -0.15) is 0 Å². The summed E-state index contributed by atoms with van der Waals surface area (Å²) in [5.41, 5.74) is 6.53. The molecule has 0 radical (unpaired) electrons. The maximum atomic E-state index is 12.5. The molecule has 5 nitrogen and oxygen atoms in total. The highest BCUT2D eigenvalue weighted by atomic mass is 32.2. The second kappa shape index (κ2) is 5.94. The van der Waals surface area contributed by atoms with E-state index in [4.69, 9.17) is 10.5 Å². The number of hydrogen-bond acceptors (Lipinski definition) is 4. The number of sulfonamides is 1. The molecule has 0 bridgehead atoms. The van der Waals surface area contributed by atoms with Gasteiger partial charge in [0.25, 0.3) is 0 Å². The van der Waals surface area contributed by atoms with Crippen LogP contribution in [-0.2, 0) is 16.4 Å². The van der Waals surface area contributed by atoms with Crippen molar-refractivity contribution in [2.24, 2.45) is 5.73 Å². The van der Waals surface area contributed by atoms with Crippen molar-refractivity contribution in [3.05, 3.63) is 23.8 Å². The number of rotatable bonds is 4. The lowest BCUT2D eigenvalue weighted by molar-refractivity contribution is 0.241. The van der Waals surface area contributed by atoms with Crippen molar-refractivity contribution < 1.29 is 13.2 Å². The summed E-state index contributed by atoms with van der Waals surface area (Å²) in [4.78, 5) is 0.327. The third-order valence-corrected chi connectivity index (χ3v) is 5.79. The van der Waals surface area contributed by atoms with E-state index < -0.39 is 10.0 Å². The lowest BCUT2D eigenvalue weighted by atomic mass is 9.96. The zero-order chi connectivity index (χ0) is 14.9. The maximum Gasteiger partial charge on any atom is 0.240 e. The predicted molar refractivity (Wildman–Crippen MR) is 80.8 cm³/mol. The van der Waals surface area contributed by atoms with E-state index in [-0.39, 0.29) is 12.1 Å². The van der Waals surface area contributed by atoms with E-state index in [2.05, 4.69) is 4.72 Å². The Bertz CT molecular complexity index is 609. The van der Waals surface area contributed by atoms with Crippen molar-refractivity contribution >= 4 is 10.0 Å². The van der Waals surface area contributed by atoms with E-state index in [1.54, 1.807) is 18.2 Å². The van der Waals surface area contributed by atoms with Crippen molar-refractivity contribution in [3.8, 4) is 5.75 Å². The van der Waals surface area contributed by atoms with Crippen molar-refractivity contribution in [1.82, 2.24) is 4.72 Å². The summed E-state index contributed by atoms with van der Waals surface area (Å²) >= 11 is 0. The summed E-state index contributed by atoms with van der Waals surface area (Å²) in [5.74, 6) is 0.752. The molecule has 1 aromatic carbocycles. The van der Waals surface area contributed by atoms with Gasteiger partial charge in [-0.25, -0.2) is 13.1 Å². The molecule has 1 fully saturated rings. The highest BCUT2D eigenvalue weighted by Gasteiger charge is 2.26. The van der Waals surface area contributed by atoms with Gasteiger partial charge in [-0.3, -0.25) is 0 Å². The van der Waals surface area contributed by atoms with Crippen LogP contribution in [0.5, 0.6) is 5.75 Å². The molecule has 1 saturated carbocycles. The Balaban J connectivity index is 1.77. The Morgan fingerprint density at radius 3 is 2.71 bits per heavy atom. The minimum atomic E-state index is -3.44. The summed E-state index contributed by atoms with van der Waals surface area (Å²) in [6.45, 7) is 0.442. The minimum absolute atomic E-state index is 0.0377. The predicted octanol–water partition coefficient (Wildman–Crippen LogP) is 1.56. The van der Waals surface area contributed by atoms with Crippen LogP contribution in [0, 0.1) is 0 Å². The fourth-order valence-electron chi connectivity index (χ4n) is 3.10. The Kier molecular flexibility index (Phi) is 4.19. The van der Waals surface area contributed by atoms with Gasteiger partial charge in [-0.1, -0.05) is 19.3 Å².